The molecular formula is C20H24N4O4. The number of hydrogen-bond donors (Lipinski definition) is 2. The maximum absolute atomic E-state index is 12.0. The summed E-state index contributed by atoms with van der Waals surface area (Å²) in [7, 11) is 0. The summed E-state index contributed by atoms with van der Waals surface area (Å²) in [6.07, 6.45) is 3.89. The van der Waals surface area contributed by atoms with Crippen molar-refractivity contribution < 1.29 is 19.3 Å². The Morgan fingerprint density at radius 2 is 2.07 bits per heavy atom. The lowest BCUT2D eigenvalue weighted by atomic mass is 10.0. The van der Waals surface area contributed by atoms with Gasteiger partial charge in [0.1, 0.15) is 6.10 Å². The van der Waals surface area contributed by atoms with E-state index < -0.39 is 5.97 Å². The molecule has 0 saturated carbocycles. The van der Waals surface area contributed by atoms with Crippen LogP contribution in [0.25, 0.3) is 0 Å². The summed E-state index contributed by atoms with van der Waals surface area (Å²) in [4.78, 5) is 32.7. The van der Waals surface area contributed by atoms with E-state index in [0.29, 0.717) is 18.5 Å². The number of nitrogens with zero attached hydrogens (tertiary/aromatic N) is 2. The van der Waals surface area contributed by atoms with Crippen LogP contribution in [-0.4, -0.2) is 36.1 Å². The van der Waals surface area contributed by atoms with Gasteiger partial charge in [-0.15, -0.1) is 13.2 Å². The van der Waals surface area contributed by atoms with Crippen molar-refractivity contribution in [2.75, 3.05) is 6.54 Å². The molecule has 0 bridgehead atoms. The Morgan fingerprint density at radius 3 is 2.68 bits per heavy atom. The minimum atomic E-state index is -0.545. The van der Waals surface area contributed by atoms with Crippen LogP contribution < -0.4 is 11.1 Å². The zero-order valence-electron chi connectivity index (χ0n) is 15.8. The van der Waals surface area contributed by atoms with Gasteiger partial charge in [-0.1, -0.05) is 46.7 Å². The molecule has 8 heteroatoms. The molecule has 148 valence electrons. The number of oxime groups is 2. The first kappa shape index (κ1) is 20.9. The van der Waals surface area contributed by atoms with E-state index >= 15 is 0 Å². The lowest BCUT2D eigenvalue weighted by Gasteiger charge is -2.11. The van der Waals surface area contributed by atoms with Gasteiger partial charge in [-0.2, -0.15) is 0 Å². The molecule has 0 aliphatic carbocycles. The third-order valence-corrected chi connectivity index (χ3v) is 4.07. The highest BCUT2D eigenvalue weighted by molar-refractivity contribution is 6.03. The first-order valence-corrected chi connectivity index (χ1v) is 8.79. The summed E-state index contributed by atoms with van der Waals surface area (Å²) < 4.78 is 0. The van der Waals surface area contributed by atoms with E-state index in [1.54, 1.807) is 24.3 Å². The number of amidine groups is 1. The van der Waals surface area contributed by atoms with E-state index in [0.717, 1.165) is 11.3 Å². The molecule has 1 amide bonds. The van der Waals surface area contributed by atoms with Gasteiger partial charge >= 0.3 is 5.97 Å². The number of rotatable bonds is 9. The number of benzene rings is 1. The van der Waals surface area contributed by atoms with Crippen LogP contribution in [0.15, 0.2) is 59.9 Å². The maximum atomic E-state index is 12.0. The highest BCUT2D eigenvalue weighted by atomic mass is 16.7. The predicted molar refractivity (Wildman–Crippen MR) is 106 cm³/mol. The molecule has 1 aliphatic heterocycles. The molecule has 1 aromatic carbocycles. The number of nitrogens with one attached hydrogen (secondary N) is 1. The normalized spacial score (nSPS) is 16.1. The van der Waals surface area contributed by atoms with Crippen LogP contribution in [0.4, 0.5) is 0 Å². The van der Waals surface area contributed by atoms with Crippen LogP contribution >= 0.6 is 0 Å². The minimum absolute atomic E-state index is 0.0376. The molecule has 1 unspecified atom stereocenters. The van der Waals surface area contributed by atoms with Crippen molar-refractivity contribution in [2.24, 2.45) is 22.0 Å². The van der Waals surface area contributed by atoms with E-state index in [4.69, 9.17) is 10.6 Å². The summed E-state index contributed by atoms with van der Waals surface area (Å²) >= 11 is 0. The summed E-state index contributed by atoms with van der Waals surface area (Å²) in [5, 5.41) is 10.4. The molecule has 2 rings (SSSR count). The molecule has 0 radical (unpaired) electrons. The van der Waals surface area contributed by atoms with Crippen LogP contribution in [0.2, 0.25) is 0 Å². The van der Waals surface area contributed by atoms with Gasteiger partial charge in [-0.3, -0.25) is 4.79 Å². The van der Waals surface area contributed by atoms with Crippen molar-refractivity contribution in [3.63, 3.8) is 0 Å². The molecule has 1 aliphatic rings. The van der Waals surface area contributed by atoms with Gasteiger partial charge in [-0.05, 0) is 5.56 Å². The van der Waals surface area contributed by atoms with Crippen LogP contribution in [0.1, 0.15) is 30.9 Å². The quantitative estimate of drug-likeness (QED) is 0.222. The third kappa shape index (κ3) is 6.08. The van der Waals surface area contributed by atoms with Crippen LogP contribution in [0, 0.1) is 5.92 Å². The second kappa shape index (κ2) is 10.1. The smallest absolute Gasteiger partial charge is 0.332 e. The number of carbonyl (C=O) groups excluding carboxylic acids is 2. The van der Waals surface area contributed by atoms with Crippen molar-refractivity contribution in [3.05, 3.63) is 60.7 Å². The van der Waals surface area contributed by atoms with E-state index in [9.17, 15) is 9.59 Å². The molecule has 1 aromatic rings. The Balaban J connectivity index is 1.87. The van der Waals surface area contributed by atoms with Crippen molar-refractivity contribution in [1.82, 2.24) is 5.32 Å². The largest absolute Gasteiger partial charge is 0.391 e. The second-order valence-corrected chi connectivity index (χ2v) is 6.25. The lowest BCUT2D eigenvalue weighted by molar-refractivity contribution is -0.141. The molecule has 0 aromatic heterocycles. The van der Waals surface area contributed by atoms with Crippen molar-refractivity contribution in [2.45, 2.75) is 25.9 Å². The molecule has 8 nitrogen and oxygen atoms in total. The Hall–Kier alpha value is -3.42. The van der Waals surface area contributed by atoms with Gasteiger partial charge in [0, 0.05) is 31.4 Å². The van der Waals surface area contributed by atoms with Crippen molar-refractivity contribution in [3.8, 4) is 0 Å². The van der Waals surface area contributed by atoms with Gasteiger partial charge in [0.25, 0.3) is 0 Å². The standard InChI is InChI=1S/C20H24N4O4/c1-4-14(5-2)12-22-19(26)11-17-10-18(23-28-17)15-6-8-16(9-7-15)20(21)24-27-13(3)25/h4-9,14,17H,1-2,10-12H2,3H3,(H2,21,24)(H,22,26). The second-order valence-electron chi connectivity index (χ2n) is 6.25. The fourth-order valence-corrected chi connectivity index (χ4v) is 2.48. The number of carbonyl (C=O) groups is 2. The first-order chi connectivity index (χ1) is 13.4. The van der Waals surface area contributed by atoms with Crippen LogP contribution in [-0.2, 0) is 19.3 Å². The van der Waals surface area contributed by atoms with E-state index in [1.807, 2.05) is 12.1 Å². The average Bonchev–Trinajstić information content (AvgIpc) is 3.15. The predicted octanol–water partition coefficient (Wildman–Crippen LogP) is 1.86. The molecule has 3 N–H and O–H groups in total. The zero-order chi connectivity index (χ0) is 20.5. The monoisotopic (exact) mass is 384 g/mol. The lowest BCUT2D eigenvalue weighted by Crippen LogP contribution is -2.30. The van der Waals surface area contributed by atoms with E-state index in [2.05, 4.69) is 33.6 Å². The first-order valence-electron chi connectivity index (χ1n) is 8.79. The maximum Gasteiger partial charge on any atom is 0.332 e. The number of hydrogen-bond acceptors (Lipinski definition) is 6. The van der Waals surface area contributed by atoms with Crippen LogP contribution in [0.5, 0.6) is 0 Å². The Kier molecular flexibility index (Phi) is 7.50. The Labute approximate surface area is 163 Å². The zero-order valence-corrected chi connectivity index (χ0v) is 15.8. The topological polar surface area (TPSA) is 115 Å². The molecular weight excluding hydrogens is 360 g/mol. The van der Waals surface area contributed by atoms with Gasteiger partial charge in [0.05, 0.1) is 12.1 Å². The van der Waals surface area contributed by atoms with E-state index in [1.165, 1.54) is 6.92 Å². The minimum Gasteiger partial charge on any atom is -0.391 e. The van der Waals surface area contributed by atoms with Gasteiger partial charge in [-0.25, -0.2) is 4.79 Å². The fourth-order valence-electron chi connectivity index (χ4n) is 2.48. The van der Waals surface area contributed by atoms with E-state index in [-0.39, 0.29) is 30.2 Å². The van der Waals surface area contributed by atoms with Crippen molar-refractivity contribution in [1.29, 1.82) is 0 Å². The van der Waals surface area contributed by atoms with Crippen molar-refractivity contribution >= 4 is 23.4 Å². The molecule has 1 heterocycles. The highest BCUT2D eigenvalue weighted by Crippen LogP contribution is 2.19. The molecule has 1 atom stereocenters. The fraction of sp³-hybridized carbons (Fsp3) is 0.300. The SMILES string of the molecule is C=CC(C=C)CNC(=O)CC1CC(c2ccc(/C(N)=N/OC(C)=O)cc2)=NO1. The third-order valence-electron chi connectivity index (χ3n) is 4.07. The van der Waals surface area contributed by atoms with Crippen LogP contribution in [0.3, 0.4) is 0 Å². The number of nitrogens with two attached hydrogens (primary N) is 1. The Morgan fingerprint density at radius 1 is 1.39 bits per heavy atom. The van der Waals surface area contributed by atoms with Gasteiger partial charge in [0.15, 0.2) is 5.84 Å². The summed E-state index contributed by atoms with van der Waals surface area (Å²) in [6, 6.07) is 7.11. The summed E-state index contributed by atoms with van der Waals surface area (Å²) in [5.74, 6) is -0.523. The Bertz CT molecular complexity index is 791. The molecule has 0 spiro atoms. The highest BCUT2D eigenvalue weighted by Gasteiger charge is 2.24. The molecule has 0 saturated heterocycles. The summed E-state index contributed by atoms with van der Waals surface area (Å²) in [6.45, 7) is 9.08. The molecule has 0 fully saturated rings. The summed E-state index contributed by atoms with van der Waals surface area (Å²) in [5.41, 5.74) is 7.96. The van der Waals surface area contributed by atoms with Gasteiger partial charge < -0.3 is 20.7 Å². The molecule has 28 heavy (non-hydrogen) atoms. The van der Waals surface area contributed by atoms with Gasteiger partial charge in [0.2, 0.25) is 5.91 Å². The number of amides is 1. The average molecular weight is 384 g/mol.